The van der Waals surface area contributed by atoms with E-state index in [1.165, 1.54) is 0 Å². The van der Waals surface area contributed by atoms with Crippen LogP contribution in [-0.4, -0.2) is 31.9 Å². The lowest BCUT2D eigenvalue weighted by Gasteiger charge is -2.36. The Balaban J connectivity index is 1.45. The Morgan fingerprint density at radius 2 is 1.87 bits per heavy atom. The minimum atomic E-state index is -0.509. The van der Waals surface area contributed by atoms with Crippen molar-refractivity contribution in [3.63, 3.8) is 0 Å². The van der Waals surface area contributed by atoms with Crippen LogP contribution in [0.5, 0.6) is 5.75 Å². The van der Waals surface area contributed by atoms with Gasteiger partial charge in [0.1, 0.15) is 23.3 Å². The van der Waals surface area contributed by atoms with Crippen molar-refractivity contribution in [3.05, 3.63) is 89.0 Å². The summed E-state index contributed by atoms with van der Waals surface area (Å²) in [5.41, 5.74) is 4.28. The Kier molecular flexibility index (Phi) is 7.02. The van der Waals surface area contributed by atoms with Crippen molar-refractivity contribution >= 4 is 23.1 Å². The van der Waals surface area contributed by atoms with E-state index in [1.54, 1.807) is 7.11 Å². The van der Waals surface area contributed by atoms with Crippen LogP contribution < -0.4 is 20.3 Å². The van der Waals surface area contributed by atoms with Crippen molar-refractivity contribution < 1.29 is 18.7 Å². The summed E-state index contributed by atoms with van der Waals surface area (Å²) in [5.74, 6) is 2.20. The number of hydrogen-bond acceptors (Lipinski definition) is 6. The van der Waals surface area contributed by atoms with Crippen LogP contribution in [0.15, 0.2) is 76.4 Å². The van der Waals surface area contributed by atoms with E-state index in [0.29, 0.717) is 30.7 Å². The van der Waals surface area contributed by atoms with Crippen LogP contribution in [0, 0.1) is 12.3 Å². The van der Waals surface area contributed by atoms with Crippen molar-refractivity contribution in [2.45, 2.75) is 46.1 Å². The van der Waals surface area contributed by atoms with Gasteiger partial charge in [0.05, 0.1) is 25.0 Å². The molecule has 0 bridgehead atoms. The molecule has 0 spiro atoms. The second-order valence-corrected chi connectivity index (χ2v) is 10.9. The number of hydrogen-bond donors (Lipinski definition) is 2. The van der Waals surface area contributed by atoms with E-state index in [-0.39, 0.29) is 23.7 Å². The molecule has 1 aliphatic heterocycles. The van der Waals surface area contributed by atoms with Gasteiger partial charge in [-0.05, 0) is 67.1 Å². The molecular formula is C31H35N3O4. The first-order chi connectivity index (χ1) is 18.2. The van der Waals surface area contributed by atoms with E-state index in [9.17, 15) is 9.59 Å². The van der Waals surface area contributed by atoms with Crippen molar-refractivity contribution in [2.24, 2.45) is 5.41 Å². The minimum Gasteiger partial charge on any atom is -0.497 e. The molecule has 1 amide bonds. The normalized spacial score (nSPS) is 18.3. The van der Waals surface area contributed by atoms with Crippen LogP contribution in [0.2, 0.25) is 0 Å². The van der Waals surface area contributed by atoms with Crippen LogP contribution in [0.25, 0.3) is 0 Å². The van der Waals surface area contributed by atoms with Gasteiger partial charge in [0.15, 0.2) is 5.78 Å². The van der Waals surface area contributed by atoms with Gasteiger partial charge >= 0.3 is 0 Å². The number of ketones is 1. The smallest absolute Gasteiger partial charge is 0.239 e. The Bertz CT molecular complexity index is 1370. The molecule has 0 fully saturated rings. The van der Waals surface area contributed by atoms with E-state index in [1.807, 2.05) is 72.5 Å². The summed E-state index contributed by atoms with van der Waals surface area (Å²) in [6, 6.07) is 19.1. The second-order valence-electron chi connectivity index (χ2n) is 10.9. The summed E-state index contributed by atoms with van der Waals surface area (Å²) < 4.78 is 11.3. The maximum atomic E-state index is 13.7. The number of carbonyl (C=O) groups is 2. The van der Waals surface area contributed by atoms with Crippen LogP contribution in [-0.2, 0) is 16.0 Å². The highest BCUT2D eigenvalue weighted by Crippen LogP contribution is 2.48. The number of Topliss-reactive ketones (excluding diaryl/α,β-unsaturated/α-hetero) is 1. The Labute approximate surface area is 223 Å². The quantitative estimate of drug-likeness (QED) is 0.430. The SMILES string of the molecule is COc1ccc(CCNC(=O)CN2c3ccccc3NC3=C(C(=O)CC(C)(C)C3)C2c2ccc(C)o2)cc1. The first kappa shape index (κ1) is 25.6. The highest BCUT2D eigenvalue weighted by atomic mass is 16.5. The lowest BCUT2D eigenvalue weighted by molar-refractivity contribution is -0.120. The van der Waals surface area contributed by atoms with Gasteiger partial charge in [0, 0.05) is 24.2 Å². The average Bonchev–Trinajstić information content (AvgIpc) is 3.25. The lowest BCUT2D eigenvalue weighted by Crippen LogP contribution is -2.42. The number of methoxy groups -OCH3 is 1. The largest absolute Gasteiger partial charge is 0.497 e. The van der Waals surface area contributed by atoms with E-state index >= 15 is 0 Å². The van der Waals surface area contributed by atoms with Crippen molar-refractivity contribution in [3.8, 4) is 5.75 Å². The number of allylic oxidation sites excluding steroid dienone is 1. The predicted octanol–water partition coefficient (Wildman–Crippen LogP) is 5.57. The number of aryl methyl sites for hydroxylation is 1. The van der Waals surface area contributed by atoms with Crippen molar-refractivity contribution in [1.82, 2.24) is 5.32 Å². The molecule has 1 atom stereocenters. The summed E-state index contributed by atoms with van der Waals surface area (Å²) in [4.78, 5) is 29.0. The number of anilines is 2. The molecule has 38 heavy (non-hydrogen) atoms. The number of carbonyl (C=O) groups excluding carboxylic acids is 2. The highest BCUT2D eigenvalue weighted by Gasteiger charge is 2.43. The van der Waals surface area contributed by atoms with E-state index in [2.05, 4.69) is 24.5 Å². The fourth-order valence-corrected chi connectivity index (χ4v) is 5.47. The summed E-state index contributed by atoms with van der Waals surface area (Å²) in [7, 11) is 1.64. The summed E-state index contributed by atoms with van der Waals surface area (Å²) in [5, 5.41) is 6.63. The molecule has 1 unspecified atom stereocenters. The summed E-state index contributed by atoms with van der Waals surface area (Å²) >= 11 is 0. The van der Waals surface area contributed by atoms with Gasteiger partial charge in [0.25, 0.3) is 0 Å². The molecule has 5 rings (SSSR count). The van der Waals surface area contributed by atoms with Gasteiger partial charge < -0.3 is 24.7 Å². The maximum absolute atomic E-state index is 13.7. The van der Waals surface area contributed by atoms with Crippen LogP contribution in [0.4, 0.5) is 11.4 Å². The third kappa shape index (κ3) is 5.32. The van der Waals surface area contributed by atoms with Crippen LogP contribution >= 0.6 is 0 Å². The number of nitrogens with one attached hydrogen (secondary N) is 2. The third-order valence-electron chi connectivity index (χ3n) is 7.24. The van der Waals surface area contributed by atoms with Gasteiger partial charge in [-0.3, -0.25) is 9.59 Å². The molecule has 2 heterocycles. The van der Waals surface area contributed by atoms with E-state index in [0.717, 1.165) is 40.6 Å². The zero-order chi connectivity index (χ0) is 26.9. The van der Waals surface area contributed by atoms with Gasteiger partial charge in [-0.15, -0.1) is 0 Å². The first-order valence-electron chi connectivity index (χ1n) is 13.1. The monoisotopic (exact) mass is 513 g/mol. The van der Waals surface area contributed by atoms with Crippen molar-refractivity contribution in [1.29, 1.82) is 0 Å². The third-order valence-corrected chi connectivity index (χ3v) is 7.24. The summed E-state index contributed by atoms with van der Waals surface area (Å²) in [6.45, 7) is 6.72. The van der Waals surface area contributed by atoms with Crippen LogP contribution in [0.3, 0.4) is 0 Å². The Morgan fingerprint density at radius 3 is 2.58 bits per heavy atom. The second kappa shape index (κ2) is 10.4. The minimum absolute atomic E-state index is 0.0825. The molecule has 2 aromatic carbocycles. The van der Waals surface area contributed by atoms with Gasteiger partial charge in [0.2, 0.25) is 5.91 Å². The zero-order valence-electron chi connectivity index (χ0n) is 22.5. The predicted molar refractivity (Wildman–Crippen MR) is 148 cm³/mol. The molecule has 2 aliphatic rings. The molecule has 1 aromatic heterocycles. The van der Waals surface area contributed by atoms with Gasteiger partial charge in [-0.2, -0.15) is 0 Å². The number of amides is 1. The molecule has 0 radical (unpaired) electrons. The molecule has 0 saturated carbocycles. The number of benzene rings is 2. The number of nitrogens with zero attached hydrogens (tertiary/aromatic N) is 1. The molecule has 198 valence electrons. The number of ether oxygens (including phenoxy) is 1. The number of fused-ring (bicyclic) bond motifs is 1. The fourth-order valence-electron chi connectivity index (χ4n) is 5.47. The van der Waals surface area contributed by atoms with E-state index < -0.39 is 6.04 Å². The molecule has 7 heteroatoms. The number of furan rings is 1. The standard InChI is InChI=1S/C31H35N3O4/c1-20-9-14-27(38-20)30-29-24(17-31(2,3)18-26(29)35)33-23-7-5-6-8-25(23)34(30)19-28(36)32-16-15-21-10-12-22(37-4)13-11-21/h5-14,30,33H,15-19H2,1-4H3,(H,32,36). The fraction of sp³-hybridized carbons (Fsp3) is 0.355. The Morgan fingerprint density at radius 1 is 1.11 bits per heavy atom. The lowest BCUT2D eigenvalue weighted by atomic mass is 9.74. The molecule has 0 saturated heterocycles. The molecule has 1 aliphatic carbocycles. The maximum Gasteiger partial charge on any atom is 0.239 e. The average molecular weight is 514 g/mol. The number of para-hydroxylation sites is 2. The summed E-state index contributed by atoms with van der Waals surface area (Å²) in [6.07, 6.45) is 1.89. The molecule has 3 aromatic rings. The molecule has 7 nitrogen and oxygen atoms in total. The van der Waals surface area contributed by atoms with Gasteiger partial charge in [-0.25, -0.2) is 0 Å². The topological polar surface area (TPSA) is 83.8 Å². The molecular weight excluding hydrogens is 478 g/mol. The van der Waals surface area contributed by atoms with Gasteiger partial charge in [-0.1, -0.05) is 38.1 Å². The zero-order valence-corrected chi connectivity index (χ0v) is 22.5. The van der Waals surface area contributed by atoms with Crippen LogP contribution in [0.1, 0.15) is 49.8 Å². The Hall–Kier alpha value is -4.00. The highest BCUT2D eigenvalue weighted by molar-refractivity contribution is 6.01. The number of rotatable bonds is 7. The van der Waals surface area contributed by atoms with Crippen molar-refractivity contribution in [2.75, 3.05) is 30.4 Å². The first-order valence-corrected chi connectivity index (χ1v) is 13.1. The van der Waals surface area contributed by atoms with E-state index in [4.69, 9.17) is 9.15 Å². The molecule has 2 N–H and O–H groups in total.